The molecule has 0 radical (unpaired) electrons. The molecule has 30 heavy (non-hydrogen) atoms. The number of rotatable bonds is 4. The summed E-state index contributed by atoms with van der Waals surface area (Å²) in [4.78, 5) is 32.0. The second-order valence-corrected chi connectivity index (χ2v) is 7.87. The van der Waals surface area contributed by atoms with Crippen LogP contribution in [-0.2, 0) is 13.1 Å². The van der Waals surface area contributed by atoms with E-state index in [0.29, 0.717) is 35.8 Å². The number of hydrogen-bond acceptors (Lipinski definition) is 7. The van der Waals surface area contributed by atoms with Gasteiger partial charge in [-0.3, -0.25) is 4.57 Å². The average molecular weight is 433 g/mol. The Morgan fingerprint density at radius 2 is 1.80 bits per heavy atom. The maximum atomic E-state index is 12.6. The largest absolute Gasteiger partial charge is 0.350 e. The first-order valence-corrected chi connectivity index (χ1v) is 10.1. The van der Waals surface area contributed by atoms with Crippen LogP contribution < -0.4 is 5.69 Å². The predicted octanol–water partition coefficient (Wildman–Crippen LogP) is 3.16. The van der Waals surface area contributed by atoms with E-state index in [1.807, 2.05) is 53.1 Å². The van der Waals surface area contributed by atoms with Crippen molar-refractivity contribution in [3.63, 3.8) is 0 Å². The minimum Gasteiger partial charge on any atom is -0.311 e. The van der Waals surface area contributed by atoms with Crippen LogP contribution in [-0.4, -0.2) is 29.1 Å². The molecule has 0 N–H and O–H groups in total. The summed E-state index contributed by atoms with van der Waals surface area (Å²) < 4.78 is 3.43. The Hall–Kier alpha value is -3.17. The fourth-order valence-electron chi connectivity index (χ4n) is 3.45. The van der Waals surface area contributed by atoms with E-state index in [1.165, 1.54) is 10.9 Å². The van der Waals surface area contributed by atoms with Gasteiger partial charge in [0.25, 0.3) is 0 Å². The highest BCUT2D eigenvalue weighted by Gasteiger charge is 2.21. The van der Waals surface area contributed by atoms with E-state index >= 15 is 0 Å². The molecule has 0 unspecified atom stereocenters. The van der Waals surface area contributed by atoms with Crippen LogP contribution in [0.1, 0.15) is 11.1 Å². The summed E-state index contributed by atoms with van der Waals surface area (Å²) in [6.07, 6.45) is 3.15. The summed E-state index contributed by atoms with van der Waals surface area (Å²) in [7, 11) is 0. The molecule has 148 valence electrons. The molecule has 0 amide bonds. The Balaban J connectivity index is 1.59. The van der Waals surface area contributed by atoms with Gasteiger partial charge >= 0.3 is 5.69 Å². The average Bonchev–Trinajstić information content (AvgIpc) is 3.19. The van der Waals surface area contributed by atoms with Crippen LogP contribution in [0.15, 0.2) is 75.8 Å². The van der Waals surface area contributed by atoms with Gasteiger partial charge in [0.15, 0.2) is 11.5 Å². The number of nitrogens with zero attached hydrogens (tertiary/aromatic N) is 6. The van der Waals surface area contributed by atoms with Crippen molar-refractivity contribution in [1.29, 1.82) is 0 Å². The van der Waals surface area contributed by atoms with Crippen molar-refractivity contribution < 1.29 is 0 Å². The summed E-state index contributed by atoms with van der Waals surface area (Å²) in [5.41, 5.74) is 3.19. The van der Waals surface area contributed by atoms with Crippen LogP contribution in [0.5, 0.6) is 0 Å². The molecule has 0 spiro atoms. The summed E-state index contributed by atoms with van der Waals surface area (Å²) in [6.45, 7) is 0.893. The number of hydrogen-bond donors (Lipinski definition) is 2. The zero-order valence-electron chi connectivity index (χ0n) is 15.7. The van der Waals surface area contributed by atoms with Gasteiger partial charge in [-0.2, -0.15) is 4.98 Å². The molecule has 3 aromatic rings. The van der Waals surface area contributed by atoms with Crippen molar-refractivity contribution >= 4 is 36.4 Å². The first-order chi connectivity index (χ1) is 14.6. The highest BCUT2D eigenvalue weighted by Crippen LogP contribution is 2.24. The van der Waals surface area contributed by atoms with Crippen LogP contribution in [0.25, 0.3) is 22.7 Å². The van der Waals surface area contributed by atoms with Gasteiger partial charge < -0.3 is 4.57 Å². The third-order valence-electron chi connectivity index (χ3n) is 4.88. The molecular weight excluding hydrogens is 416 g/mol. The SMILES string of the molecule is O=c1nc2c3ncn(Cc4ccccc4S)c3ncnc-2n1Cc1cccc(S)c1. The molecule has 9 heteroatoms. The van der Waals surface area contributed by atoms with Crippen molar-refractivity contribution in [1.82, 2.24) is 29.1 Å². The molecular formula is C21H16N6OS2. The lowest BCUT2D eigenvalue weighted by Gasteiger charge is -2.05. The van der Waals surface area contributed by atoms with E-state index in [-0.39, 0.29) is 5.69 Å². The highest BCUT2D eigenvalue weighted by atomic mass is 32.1. The van der Waals surface area contributed by atoms with E-state index in [9.17, 15) is 4.79 Å². The molecule has 0 bridgehead atoms. The number of thiol groups is 2. The van der Waals surface area contributed by atoms with Crippen molar-refractivity contribution in [2.45, 2.75) is 22.9 Å². The summed E-state index contributed by atoms with van der Waals surface area (Å²) in [5, 5.41) is 0. The van der Waals surface area contributed by atoms with Gasteiger partial charge in [0.05, 0.1) is 19.4 Å². The first-order valence-electron chi connectivity index (χ1n) is 9.21. The Bertz CT molecular complexity index is 1410. The predicted molar refractivity (Wildman–Crippen MR) is 120 cm³/mol. The van der Waals surface area contributed by atoms with Gasteiger partial charge in [-0.15, -0.1) is 25.3 Å². The van der Waals surface area contributed by atoms with Crippen molar-refractivity contribution in [3.8, 4) is 11.5 Å². The van der Waals surface area contributed by atoms with E-state index in [1.54, 1.807) is 6.33 Å². The van der Waals surface area contributed by atoms with Crippen LogP contribution >= 0.6 is 25.3 Å². The molecule has 3 heterocycles. The fourth-order valence-corrected chi connectivity index (χ4v) is 3.94. The summed E-state index contributed by atoms with van der Waals surface area (Å²) >= 11 is 8.89. The Kier molecular flexibility index (Phi) is 4.76. The van der Waals surface area contributed by atoms with Crippen LogP contribution in [0, 0.1) is 0 Å². The standard InChI is InChI=1S/C21H16N6OS2/c28-21-25-18-17-19(26(12-24-17)10-14-5-1-2-7-16(14)30)22-11-23-20(18)27(21)9-13-4-3-6-15(29)8-13/h1-8,11-12,29-30H,9-10H2. The van der Waals surface area contributed by atoms with E-state index in [2.05, 4.69) is 45.2 Å². The minimum atomic E-state index is -0.371. The quantitative estimate of drug-likeness (QED) is 0.427. The van der Waals surface area contributed by atoms with E-state index in [4.69, 9.17) is 0 Å². The van der Waals surface area contributed by atoms with Gasteiger partial charge in [0.2, 0.25) is 0 Å². The lowest BCUT2D eigenvalue weighted by molar-refractivity contribution is 0.756. The van der Waals surface area contributed by atoms with Gasteiger partial charge in [-0.25, -0.2) is 19.7 Å². The number of aromatic nitrogens is 6. The number of fused-ring (bicyclic) bond motifs is 3. The highest BCUT2D eigenvalue weighted by molar-refractivity contribution is 7.80. The molecule has 5 rings (SSSR count). The van der Waals surface area contributed by atoms with Gasteiger partial charge in [-0.1, -0.05) is 30.3 Å². The van der Waals surface area contributed by atoms with Crippen LogP contribution in [0.3, 0.4) is 0 Å². The zero-order valence-corrected chi connectivity index (χ0v) is 17.5. The maximum absolute atomic E-state index is 12.6. The van der Waals surface area contributed by atoms with Crippen molar-refractivity contribution in [2.75, 3.05) is 0 Å². The topological polar surface area (TPSA) is 78.5 Å². The smallest absolute Gasteiger partial charge is 0.311 e. The zero-order chi connectivity index (χ0) is 20.7. The normalized spacial score (nSPS) is 11.4. The summed E-state index contributed by atoms with van der Waals surface area (Å²) in [5.74, 6) is 0.451. The molecule has 2 aliphatic heterocycles. The van der Waals surface area contributed by atoms with Gasteiger partial charge in [0, 0.05) is 9.79 Å². The minimum absolute atomic E-state index is 0.343. The fraction of sp³-hybridized carbons (Fsp3) is 0.0952. The molecule has 2 aliphatic rings. The Morgan fingerprint density at radius 3 is 2.63 bits per heavy atom. The van der Waals surface area contributed by atoms with E-state index < -0.39 is 0 Å². The second kappa shape index (κ2) is 7.58. The molecule has 1 aromatic heterocycles. The molecule has 0 saturated heterocycles. The van der Waals surface area contributed by atoms with Crippen molar-refractivity contribution in [2.24, 2.45) is 0 Å². The molecule has 0 saturated carbocycles. The lowest BCUT2D eigenvalue weighted by atomic mass is 10.2. The second-order valence-electron chi connectivity index (χ2n) is 6.87. The van der Waals surface area contributed by atoms with E-state index in [0.717, 1.165) is 20.9 Å². The third-order valence-corrected chi connectivity index (χ3v) is 5.60. The van der Waals surface area contributed by atoms with Crippen LogP contribution in [0.4, 0.5) is 0 Å². The lowest BCUT2D eigenvalue weighted by Crippen LogP contribution is -2.17. The maximum Gasteiger partial charge on any atom is 0.350 e. The number of benzene rings is 2. The van der Waals surface area contributed by atoms with Crippen molar-refractivity contribution in [3.05, 3.63) is 82.8 Å². The Morgan fingerprint density at radius 1 is 0.933 bits per heavy atom. The number of imidazole rings is 2. The molecule has 7 nitrogen and oxygen atoms in total. The molecule has 0 atom stereocenters. The Labute approximate surface area is 182 Å². The first kappa shape index (κ1) is 18.8. The van der Waals surface area contributed by atoms with Gasteiger partial charge in [-0.05, 0) is 29.3 Å². The van der Waals surface area contributed by atoms with Crippen LogP contribution in [0.2, 0.25) is 0 Å². The molecule has 0 fully saturated rings. The molecule has 2 aromatic carbocycles. The monoisotopic (exact) mass is 432 g/mol. The third kappa shape index (κ3) is 3.35. The summed E-state index contributed by atoms with van der Waals surface area (Å²) in [6, 6.07) is 15.5. The molecule has 0 aliphatic carbocycles. The van der Waals surface area contributed by atoms with Gasteiger partial charge in [0.1, 0.15) is 17.5 Å².